The second kappa shape index (κ2) is 5.73. The van der Waals surface area contributed by atoms with Crippen molar-refractivity contribution in [1.82, 2.24) is 4.57 Å². The number of carbonyl (C=O) groups excluding carboxylic acids is 1. The van der Waals surface area contributed by atoms with E-state index in [0.29, 0.717) is 0 Å². The van der Waals surface area contributed by atoms with Crippen molar-refractivity contribution in [3.63, 3.8) is 0 Å². The van der Waals surface area contributed by atoms with Crippen LogP contribution in [-0.2, 0) is 6.54 Å². The van der Waals surface area contributed by atoms with Gasteiger partial charge in [-0.1, -0.05) is 18.2 Å². The summed E-state index contributed by atoms with van der Waals surface area (Å²) < 4.78 is 2.01. The lowest BCUT2D eigenvalue weighted by Crippen LogP contribution is -2.07. The van der Waals surface area contributed by atoms with Gasteiger partial charge < -0.3 is 4.57 Å². The van der Waals surface area contributed by atoms with E-state index in [1.54, 1.807) is 18.7 Å². The molecule has 0 unspecified atom stereocenters. The van der Waals surface area contributed by atoms with Gasteiger partial charge in [0.15, 0.2) is 5.78 Å². The Morgan fingerprint density at radius 2 is 1.94 bits per heavy atom. The van der Waals surface area contributed by atoms with E-state index in [0.717, 1.165) is 18.0 Å². The fourth-order valence-corrected chi connectivity index (χ4v) is 2.58. The molecule has 0 N–H and O–H groups in total. The first-order valence-electron chi connectivity index (χ1n) is 5.61. The summed E-state index contributed by atoms with van der Waals surface area (Å²) in [4.78, 5) is 12.6. The number of rotatable bonds is 5. The number of Topliss-reactive ketones (excluding diaryl/α,β-unsaturated/α-hetero) is 1. The number of aryl methyl sites for hydroxylation is 1. The minimum Gasteiger partial charge on any atom is -0.344 e. The summed E-state index contributed by atoms with van der Waals surface area (Å²) in [5.41, 5.74) is 0.790. The first kappa shape index (κ1) is 12.0. The number of carbonyl (C=O) groups is 1. The molecule has 0 aliphatic carbocycles. The Hall–Kier alpha value is -1.48. The Bertz CT molecular complexity index is 490. The van der Waals surface area contributed by atoms with Gasteiger partial charge in [-0.3, -0.25) is 4.79 Å². The molecule has 0 fully saturated rings. The summed E-state index contributed by atoms with van der Waals surface area (Å²) in [7, 11) is 0. The first-order chi connectivity index (χ1) is 8.27. The van der Waals surface area contributed by atoms with Gasteiger partial charge in [0.25, 0.3) is 0 Å². The number of thioether (sulfide) groups is 1. The van der Waals surface area contributed by atoms with Crippen LogP contribution in [0.15, 0.2) is 53.6 Å². The molecular weight excluding hydrogens is 230 g/mol. The molecule has 2 rings (SSSR count). The van der Waals surface area contributed by atoms with Crippen LogP contribution in [0.5, 0.6) is 0 Å². The van der Waals surface area contributed by atoms with Crippen LogP contribution < -0.4 is 0 Å². The number of nitrogens with zero attached hydrogens (tertiary/aromatic N) is 1. The molecule has 1 heterocycles. The molecule has 17 heavy (non-hydrogen) atoms. The van der Waals surface area contributed by atoms with E-state index in [2.05, 4.69) is 12.1 Å². The molecule has 0 spiro atoms. The molecule has 1 aromatic carbocycles. The van der Waals surface area contributed by atoms with Crippen LogP contribution in [0.4, 0.5) is 0 Å². The third-order valence-electron chi connectivity index (χ3n) is 2.53. The van der Waals surface area contributed by atoms with Crippen LogP contribution in [-0.4, -0.2) is 16.1 Å². The van der Waals surface area contributed by atoms with Crippen LogP contribution in [0.1, 0.15) is 17.4 Å². The lowest BCUT2D eigenvalue weighted by molar-refractivity contribution is 0.100. The summed E-state index contributed by atoms with van der Waals surface area (Å²) >= 11 is 1.81. The maximum Gasteiger partial charge on any atom is 0.176 e. The van der Waals surface area contributed by atoms with Crippen molar-refractivity contribution in [3.8, 4) is 0 Å². The zero-order valence-corrected chi connectivity index (χ0v) is 10.6. The summed E-state index contributed by atoms with van der Waals surface area (Å²) in [6.45, 7) is 2.47. The van der Waals surface area contributed by atoms with Crippen molar-refractivity contribution >= 4 is 17.5 Å². The van der Waals surface area contributed by atoms with Gasteiger partial charge in [0.1, 0.15) is 0 Å². The second-order valence-corrected chi connectivity index (χ2v) is 4.97. The van der Waals surface area contributed by atoms with Gasteiger partial charge in [-0.05, 0) is 24.3 Å². The van der Waals surface area contributed by atoms with E-state index in [1.807, 2.05) is 41.1 Å². The van der Waals surface area contributed by atoms with Gasteiger partial charge in [-0.25, -0.2) is 0 Å². The highest BCUT2D eigenvalue weighted by Gasteiger charge is 2.04. The average Bonchev–Trinajstić information content (AvgIpc) is 2.79. The van der Waals surface area contributed by atoms with Gasteiger partial charge in [0.05, 0.1) is 5.69 Å². The highest BCUT2D eigenvalue weighted by molar-refractivity contribution is 7.99. The largest absolute Gasteiger partial charge is 0.344 e. The third-order valence-corrected chi connectivity index (χ3v) is 3.53. The zero-order chi connectivity index (χ0) is 12.1. The van der Waals surface area contributed by atoms with E-state index >= 15 is 0 Å². The van der Waals surface area contributed by atoms with Gasteiger partial charge in [-0.2, -0.15) is 0 Å². The average molecular weight is 245 g/mol. The Morgan fingerprint density at radius 3 is 2.65 bits per heavy atom. The van der Waals surface area contributed by atoms with Gasteiger partial charge >= 0.3 is 0 Å². The maximum absolute atomic E-state index is 11.3. The fraction of sp³-hybridized carbons (Fsp3) is 0.214. The van der Waals surface area contributed by atoms with Crippen LogP contribution in [0, 0.1) is 0 Å². The summed E-state index contributed by atoms with van der Waals surface area (Å²) in [5.74, 6) is 1.10. The normalized spacial score (nSPS) is 10.4. The number of hydrogen-bond donors (Lipinski definition) is 0. The molecule has 0 saturated carbocycles. The lowest BCUT2D eigenvalue weighted by Gasteiger charge is -2.06. The van der Waals surface area contributed by atoms with E-state index in [4.69, 9.17) is 0 Å². The smallest absolute Gasteiger partial charge is 0.176 e. The molecule has 0 bridgehead atoms. The Morgan fingerprint density at radius 1 is 1.18 bits per heavy atom. The molecule has 88 valence electrons. The van der Waals surface area contributed by atoms with Gasteiger partial charge in [0, 0.05) is 30.3 Å². The Kier molecular flexibility index (Phi) is 4.04. The fourth-order valence-electron chi connectivity index (χ4n) is 1.71. The Balaban J connectivity index is 1.90. The van der Waals surface area contributed by atoms with Crippen molar-refractivity contribution in [3.05, 3.63) is 54.4 Å². The highest BCUT2D eigenvalue weighted by atomic mass is 32.2. The molecule has 2 aromatic rings. The van der Waals surface area contributed by atoms with Crippen molar-refractivity contribution in [2.45, 2.75) is 18.4 Å². The maximum atomic E-state index is 11.3. The molecular formula is C14H15NOS. The standard InChI is InChI=1S/C14H15NOS/c1-12(16)14-8-5-9-15(14)10-11-17-13-6-3-2-4-7-13/h2-9H,10-11H2,1H3. The molecule has 1 aromatic heterocycles. The van der Waals surface area contributed by atoms with Crippen LogP contribution in [0.2, 0.25) is 0 Å². The summed E-state index contributed by atoms with van der Waals surface area (Å²) in [6.07, 6.45) is 1.96. The number of benzene rings is 1. The molecule has 0 aliphatic rings. The quantitative estimate of drug-likeness (QED) is 0.594. The van der Waals surface area contributed by atoms with Gasteiger partial charge in [-0.15, -0.1) is 11.8 Å². The van der Waals surface area contributed by atoms with E-state index in [1.165, 1.54) is 4.90 Å². The van der Waals surface area contributed by atoms with E-state index < -0.39 is 0 Å². The van der Waals surface area contributed by atoms with E-state index in [-0.39, 0.29) is 5.78 Å². The Labute approximate surface area is 106 Å². The predicted molar refractivity (Wildman–Crippen MR) is 71.6 cm³/mol. The summed E-state index contributed by atoms with van der Waals surface area (Å²) in [5, 5.41) is 0. The molecule has 0 radical (unpaired) electrons. The number of hydrogen-bond acceptors (Lipinski definition) is 2. The van der Waals surface area contributed by atoms with Crippen molar-refractivity contribution in [1.29, 1.82) is 0 Å². The predicted octanol–water partition coefficient (Wildman–Crippen LogP) is 3.48. The highest BCUT2D eigenvalue weighted by Crippen LogP contribution is 2.17. The van der Waals surface area contributed by atoms with Crippen molar-refractivity contribution in [2.24, 2.45) is 0 Å². The molecule has 3 heteroatoms. The molecule has 2 nitrogen and oxygen atoms in total. The first-order valence-corrected chi connectivity index (χ1v) is 6.60. The van der Waals surface area contributed by atoms with Crippen molar-refractivity contribution < 1.29 is 4.79 Å². The third kappa shape index (κ3) is 3.24. The van der Waals surface area contributed by atoms with Crippen LogP contribution >= 0.6 is 11.8 Å². The van der Waals surface area contributed by atoms with Crippen molar-refractivity contribution in [2.75, 3.05) is 5.75 Å². The minimum atomic E-state index is 0.125. The van der Waals surface area contributed by atoms with Crippen LogP contribution in [0.25, 0.3) is 0 Å². The molecule has 0 saturated heterocycles. The van der Waals surface area contributed by atoms with Gasteiger partial charge in [0.2, 0.25) is 0 Å². The second-order valence-electron chi connectivity index (χ2n) is 3.80. The van der Waals surface area contributed by atoms with Crippen LogP contribution in [0.3, 0.4) is 0 Å². The number of ketones is 1. The topological polar surface area (TPSA) is 22.0 Å². The number of aromatic nitrogens is 1. The SMILES string of the molecule is CC(=O)c1cccn1CCSc1ccccc1. The minimum absolute atomic E-state index is 0.125. The van der Waals surface area contributed by atoms with E-state index in [9.17, 15) is 4.79 Å². The lowest BCUT2D eigenvalue weighted by atomic mass is 10.3. The molecule has 0 amide bonds. The monoisotopic (exact) mass is 245 g/mol. The molecule has 0 aliphatic heterocycles. The molecule has 0 atom stereocenters. The zero-order valence-electron chi connectivity index (χ0n) is 9.80. The summed E-state index contributed by atoms with van der Waals surface area (Å²) in [6, 6.07) is 14.1.